The van der Waals surface area contributed by atoms with Gasteiger partial charge in [0, 0.05) is 19.6 Å². The second-order valence-electron chi connectivity index (χ2n) is 4.38. The van der Waals surface area contributed by atoms with Crippen molar-refractivity contribution in [1.29, 1.82) is 0 Å². The Morgan fingerprint density at radius 2 is 1.72 bits per heavy atom. The van der Waals surface area contributed by atoms with Crippen LogP contribution in [0, 0.1) is 0 Å². The van der Waals surface area contributed by atoms with Gasteiger partial charge in [0.1, 0.15) is 5.75 Å². The summed E-state index contributed by atoms with van der Waals surface area (Å²) >= 11 is 0. The van der Waals surface area contributed by atoms with E-state index in [0.29, 0.717) is 0 Å². The molecule has 102 valence electrons. The molecule has 1 aromatic rings. The minimum absolute atomic E-state index is 0.816. The van der Waals surface area contributed by atoms with E-state index < -0.39 is 0 Å². The zero-order valence-electron chi connectivity index (χ0n) is 11.7. The highest BCUT2D eigenvalue weighted by atomic mass is 16.5. The van der Waals surface area contributed by atoms with Gasteiger partial charge >= 0.3 is 0 Å². The SMILES string of the molecule is CCCCOc1ccc(CNCCNCC)cc1. The van der Waals surface area contributed by atoms with Gasteiger partial charge in [-0.15, -0.1) is 0 Å². The average molecular weight is 250 g/mol. The quantitative estimate of drug-likeness (QED) is 0.626. The fourth-order valence-electron chi connectivity index (χ4n) is 1.62. The molecule has 3 nitrogen and oxygen atoms in total. The molecule has 2 N–H and O–H groups in total. The van der Waals surface area contributed by atoms with Crippen molar-refractivity contribution in [3.05, 3.63) is 29.8 Å². The fourth-order valence-corrected chi connectivity index (χ4v) is 1.62. The van der Waals surface area contributed by atoms with Crippen LogP contribution >= 0.6 is 0 Å². The molecule has 0 saturated carbocycles. The van der Waals surface area contributed by atoms with Crippen LogP contribution in [0.5, 0.6) is 5.75 Å². The van der Waals surface area contributed by atoms with E-state index >= 15 is 0 Å². The smallest absolute Gasteiger partial charge is 0.119 e. The Morgan fingerprint density at radius 3 is 2.39 bits per heavy atom. The Labute approximate surface area is 111 Å². The Balaban J connectivity index is 2.19. The van der Waals surface area contributed by atoms with E-state index in [1.54, 1.807) is 0 Å². The summed E-state index contributed by atoms with van der Waals surface area (Å²) < 4.78 is 5.63. The topological polar surface area (TPSA) is 33.3 Å². The minimum atomic E-state index is 0.816. The van der Waals surface area contributed by atoms with Crippen molar-refractivity contribution >= 4 is 0 Å². The molecule has 0 heterocycles. The second-order valence-corrected chi connectivity index (χ2v) is 4.38. The van der Waals surface area contributed by atoms with E-state index in [-0.39, 0.29) is 0 Å². The van der Waals surface area contributed by atoms with Crippen LogP contribution in [0.4, 0.5) is 0 Å². The molecular weight excluding hydrogens is 224 g/mol. The number of rotatable bonds is 10. The number of hydrogen-bond acceptors (Lipinski definition) is 3. The molecule has 0 saturated heterocycles. The van der Waals surface area contributed by atoms with Gasteiger partial charge in [-0.25, -0.2) is 0 Å². The summed E-state index contributed by atoms with van der Waals surface area (Å²) in [6, 6.07) is 8.36. The molecule has 0 bridgehead atoms. The van der Waals surface area contributed by atoms with Gasteiger partial charge in [0.15, 0.2) is 0 Å². The number of nitrogens with one attached hydrogen (secondary N) is 2. The summed E-state index contributed by atoms with van der Waals surface area (Å²) in [6.07, 6.45) is 2.29. The summed E-state index contributed by atoms with van der Waals surface area (Å²) in [5.74, 6) is 0.972. The van der Waals surface area contributed by atoms with Gasteiger partial charge in [-0.1, -0.05) is 32.4 Å². The maximum absolute atomic E-state index is 5.63. The third-order valence-electron chi connectivity index (χ3n) is 2.75. The summed E-state index contributed by atoms with van der Waals surface area (Å²) in [5.41, 5.74) is 1.30. The molecule has 0 amide bonds. The zero-order valence-corrected chi connectivity index (χ0v) is 11.7. The first kappa shape index (κ1) is 15.0. The lowest BCUT2D eigenvalue weighted by atomic mass is 10.2. The van der Waals surface area contributed by atoms with Gasteiger partial charge in [0.2, 0.25) is 0 Å². The van der Waals surface area contributed by atoms with Crippen LogP contribution in [0.1, 0.15) is 32.3 Å². The van der Waals surface area contributed by atoms with E-state index in [1.807, 2.05) is 0 Å². The van der Waals surface area contributed by atoms with Crippen LogP contribution in [0.25, 0.3) is 0 Å². The molecule has 0 aliphatic heterocycles. The maximum Gasteiger partial charge on any atom is 0.119 e. The normalized spacial score (nSPS) is 10.6. The lowest BCUT2D eigenvalue weighted by molar-refractivity contribution is 0.309. The Morgan fingerprint density at radius 1 is 1.00 bits per heavy atom. The van der Waals surface area contributed by atoms with Gasteiger partial charge in [-0.3, -0.25) is 0 Å². The molecule has 0 atom stereocenters. The molecule has 18 heavy (non-hydrogen) atoms. The Kier molecular flexibility index (Phi) is 8.26. The summed E-state index contributed by atoms with van der Waals surface area (Å²) in [7, 11) is 0. The van der Waals surface area contributed by atoms with E-state index in [0.717, 1.165) is 45.0 Å². The van der Waals surface area contributed by atoms with Crippen LogP contribution < -0.4 is 15.4 Å². The molecule has 0 aromatic heterocycles. The van der Waals surface area contributed by atoms with Gasteiger partial charge in [0.25, 0.3) is 0 Å². The monoisotopic (exact) mass is 250 g/mol. The van der Waals surface area contributed by atoms with Crippen LogP contribution in [0.2, 0.25) is 0 Å². The molecule has 0 radical (unpaired) electrons. The number of ether oxygens (including phenoxy) is 1. The van der Waals surface area contributed by atoms with E-state index in [9.17, 15) is 0 Å². The fraction of sp³-hybridized carbons (Fsp3) is 0.600. The van der Waals surface area contributed by atoms with Crippen molar-refractivity contribution in [2.75, 3.05) is 26.2 Å². The first-order valence-corrected chi connectivity index (χ1v) is 7.00. The van der Waals surface area contributed by atoms with Crippen molar-refractivity contribution in [2.24, 2.45) is 0 Å². The zero-order chi connectivity index (χ0) is 13.1. The Bertz CT molecular complexity index is 298. The van der Waals surface area contributed by atoms with Crippen LogP contribution in [-0.4, -0.2) is 26.2 Å². The first-order valence-electron chi connectivity index (χ1n) is 7.00. The largest absolute Gasteiger partial charge is 0.494 e. The van der Waals surface area contributed by atoms with E-state index in [1.165, 1.54) is 12.0 Å². The van der Waals surface area contributed by atoms with Crippen LogP contribution in [-0.2, 0) is 6.54 Å². The predicted octanol–water partition coefficient (Wildman–Crippen LogP) is 2.56. The summed E-state index contributed by atoms with van der Waals surface area (Å²) in [5, 5.41) is 6.69. The number of benzene rings is 1. The second kappa shape index (κ2) is 9.92. The third kappa shape index (κ3) is 6.62. The summed E-state index contributed by atoms with van der Waals surface area (Å²) in [6.45, 7) is 9.09. The number of unbranched alkanes of at least 4 members (excludes halogenated alkanes) is 1. The van der Waals surface area contributed by atoms with Gasteiger partial charge in [0.05, 0.1) is 6.61 Å². The van der Waals surface area contributed by atoms with Crippen LogP contribution in [0.3, 0.4) is 0 Å². The standard InChI is InChI=1S/C15H26N2O/c1-3-5-12-18-15-8-6-14(7-9-15)13-17-11-10-16-4-2/h6-9,16-17H,3-5,10-13H2,1-2H3. The Hall–Kier alpha value is -1.06. The highest BCUT2D eigenvalue weighted by Crippen LogP contribution is 2.12. The van der Waals surface area contributed by atoms with E-state index in [4.69, 9.17) is 4.74 Å². The molecule has 0 spiro atoms. The number of likely N-dealkylation sites (N-methyl/N-ethyl adjacent to an activating group) is 1. The predicted molar refractivity (Wildman–Crippen MR) is 77.1 cm³/mol. The highest BCUT2D eigenvalue weighted by Gasteiger charge is 1.95. The molecule has 0 aliphatic rings. The first-order chi connectivity index (χ1) is 8.86. The molecule has 0 fully saturated rings. The van der Waals surface area contributed by atoms with Gasteiger partial charge in [-0.2, -0.15) is 0 Å². The minimum Gasteiger partial charge on any atom is -0.494 e. The van der Waals surface area contributed by atoms with Gasteiger partial charge < -0.3 is 15.4 Å². The molecule has 3 heteroatoms. The lowest BCUT2D eigenvalue weighted by Gasteiger charge is -2.08. The average Bonchev–Trinajstić information content (AvgIpc) is 2.40. The van der Waals surface area contributed by atoms with Crippen molar-refractivity contribution in [1.82, 2.24) is 10.6 Å². The van der Waals surface area contributed by atoms with Crippen LogP contribution in [0.15, 0.2) is 24.3 Å². The third-order valence-corrected chi connectivity index (χ3v) is 2.75. The van der Waals surface area contributed by atoms with E-state index in [2.05, 4.69) is 48.7 Å². The molecular formula is C15H26N2O. The lowest BCUT2D eigenvalue weighted by Crippen LogP contribution is -2.26. The molecule has 0 unspecified atom stereocenters. The number of hydrogen-bond donors (Lipinski definition) is 2. The van der Waals surface area contributed by atoms with Crippen molar-refractivity contribution in [3.63, 3.8) is 0 Å². The molecule has 0 aliphatic carbocycles. The van der Waals surface area contributed by atoms with Crippen molar-refractivity contribution in [2.45, 2.75) is 33.2 Å². The molecule has 1 aromatic carbocycles. The van der Waals surface area contributed by atoms with Gasteiger partial charge in [-0.05, 0) is 30.7 Å². The molecule has 1 rings (SSSR count). The maximum atomic E-state index is 5.63. The van der Waals surface area contributed by atoms with Crippen molar-refractivity contribution in [3.8, 4) is 5.75 Å². The highest BCUT2D eigenvalue weighted by molar-refractivity contribution is 5.27. The summed E-state index contributed by atoms with van der Waals surface area (Å²) in [4.78, 5) is 0. The van der Waals surface area contributed by atoms with Crippen molar-refractivity contribution < 1.29 is 4.74 Å².